The van der Waals surface area contributed by atoms with Crippen LogP contribution in [0.2, 0.25) is 0 Å². The molecular formula is C21H26N4O2. The van der Waals surface area contributed by atoms with Crippen LogP contribution in [-0.2, 0) is 9.59 Å². The van der Waals surface area contributed by atoms with Crippen molar-refractivity contribution in [1.29, 1.82) is 0 Å². The summed E-state index contributed by atoms with van der Waals surface area (Å²) in [5, 5.41) is 6.69. The number of rotatable bonds is 9. The molecule has 27 heavy (non-hydrogen) atoms. The highest BCUT2D eigenvalue weighted by atomic mass is 16.2. The molecule has 0 aromatic heterocycles. The van der Waals surface area contributed by atoms with Gasteiger partial charge in [0.2, 0.25) is 11.8 Å². The van der Waals surface area contributed by atoms with Crippen LogP contribution >= 0.6 is 0 Å². The Morgan fingerprint density at radius 1 is 0.926 bits per heavy atom. The van der Waals surface area contributed by atoms with E-state index in [1.54, 1.807) is 18.3 Å². The Bertz CT molecular complexity index is 754. The lowest BCUT2D eigenvalue weighted by Crippen LogP contribution is -2.21. The van der Waals surface area contributed by atoms with Gasteiger partial charge >= 0.3 is 0 Å². The quantitative estimate of drug-likeness (QED) is 0.528. The van der Waals surface area contributed by atoms with E-state index >= 15 is 0 Å². The molecule has 142 valence electrons. The third kappa shape index (κ3) is 6.93. The first-order valence-corrected chi connectivity index (χ1v) is 9.14. The third-order valence-corrected chi connectivity index (χ3v) is 4.06. The SMILES string of the molecule is CCN(CC)c1ccc(/C=N/NC(=O)CCC(=O)Nc2ccccc2)cc1. The summed E-state index contributed by atoms with van der Waals surface area (Å²) in [5.74, 6) is -0.499. The molecule has 0 saturated carbocycles. The van der Waals surface area contributed by atoms with E-state index < -0.39 is 0 Å². The van der Waals surface area contributed by atoms with Crippen molar-refractivity contribution in [3.63, 3.8) is 0 Å². The first-order valence-electron chi connectivity index (χ1n) is 9.14. The van der Waals surface area contributed by atoms with Gasteiger partial charge in [0.05, 0.1) is 6.21 Å². The Balaban J connectivity index is 1.74. The third-order valence-electron chi connectivity index (χ3n) is 4.06. The molecule has 2 N–H and O–H groups in total. The maximum Gasteiger partial charge on any atom is 0.240 e. The summed E-state index contributed by atoms with van der Waals surface area (Å²) in [5.41, 5.74) is 5.22. The molecule has 2 aromatic carbocycles. The zero-order chi connectivity index (χ0) is 19.5. The summed E-state index contributed by atoms with van der Waals surface area (Å²) in [7, 11) is 0. The Hall–Kier alpha value is -3.15. The Morgan fingerprint density at radius 3 is 2.19 bits per heavy atom. The number of amides is 2. The maximum atomic E-state index is 11.8. The number of benzene rings is 2. The molecule has 6 nitrogen and oxygen atoms in total. The molecule has 0 aliphatic heterocycles. The first kappa shape index (κ1) is 20.2. The largest absolute Gasteiger partial charge is 0.372 e. The Morgan fingerprint density at radius 2 is 1.56 bits per heavy atom. The van der Waals surface area contributed by atoms with E-state index in [2.05, 4.69) is 34.6 Å². The van der Waals surface area contributed by atoms with Crippen molar-refractivity contribution in [1.82, 2.24) is 5.43 Å². The fourth-order valence-corrected chi connectivity index (χ4v) is 2.57. The zero-order valence-corrected chi connectivity index (χ0v) is 15.8. The van der Waals surface area contributed by atoms with Crippen molar-refractivity contribution in [3.8, 4) is 0 Å². The van der Waals surface area contributed by atoms with E-state index in [0.717, 1.165) is 24.3 Å². The monoisotopic (exact) mass is 366 g/mol. The van der Waals surface area contributed by atoms with E-state index in [1.807, 2.05) is 42.5 Å². The predicted molar refractivity (Wildman–Crippen MR) is 110 cm³/mol. The molecule has 0 spiro atoms. The molecule has 2 rings (SSSR count). The summed E-state index contributed by atoms with van der Waals surface area (Å²) < 4.78 is 0. The molecule has 0 aliphatic carbocycles. The van der Waals surface area contributed by atoms with Crippen LogP contribution in [0.4, 0.5) is 11.4 Å². The smallest absolute Gasteiger partial charge is 0.240 e. The van der Waals surface area contributed by atoms with Crippen molar-refractivity contribution >= 4 is 29.4 Å². The van der Waals surface area contributed by atoms with Crippen LogP contribution < -0.4 is 15.6 Å². The second-order valence-electron chi connectivity index (χ2n) is 5.97. The van der Waals surface area contributed by atoms with Crippen molar-refractivity contribution in [2.24, 2.45) is 5.10 Å². The van der Waals surface area contributed by atoms with E-state index in [-0.39, 0.29) is 24.7 Å². The molecular weight excluding hydrogens is 340 g/mol. The lowest BCUT2D eigenvalue weighted by Gasteiger charge is -2.20. The van der Waals surface area contributed by atoms with E-state index in [0.29, 0.717) is 5.69 Å². The molecule has 0 bridgehead atoms. The molecule has 2 aromatic rings. The second kappa shape index (κ2) is 10.8. The molecule has 0 saturated heterocycles. The van der Waals surface area contributed by atoms with Gasteiger partial charge in [-0.1, -0.05) is 30.3 Å². The van der Waals surface area contributed by atoms with Crippen molar-refractivity contribution in [2.75, 3.05) is 23.3 Å². The minimum Gasteiger partial charge on any atom is -0.372 e. The summed E-state index contributed by atoms with van der Waals surface area (Å²) in [6.07, 6.45) is 1.78. The standard InChI is InChI=1S/C21H26N4O2/c1-3-25(4-2)19-12-10-17(11-13-19)16-22-24-21(27)15-14-20(26)23-18-8-6-5-7-9-18/h5-13,16H,3-4,14-15H2,1-2H3,(H,23,26)(H,24,27)/b22-16+. The van der Waals surface area contributed by atoms with Gasteiger partial charge in [-0.25, -0.2) is 5.43 Å². The van der Waals surface area contributed by atoms with Crippen LogP contribution in [0, 0.1) is 0 Å². The molecule has 0 atom stereocenters. The molecule has 0 aliphatic rings. The summed E-state index contributed by atoms with van der Waals surface area (Å²) in [4.78, 5) is 25.9. The summed E-state index contributed by atoms with van der Waals surface area (Å²) in [6.45, 7) is 6.15. The van der Waals surface area contributed by atoms with E-state index in [4.69, 9.17) is 0 Å². The van der Waals surface area contributed by atoms with Gasteiger partial charge in [-0.15, -0.1) is 0 Å². The molecule has 0 heterocycles. The molecule has 0 fully saturated rings. The molecule has 0 radical (unpaired) electrons. The maximum absolute atomic E-state index is 11.8. The molecule has 6 heteroatoms. The number of para-hydroxylation sites is 1. The number of hydrazone groups is 1. The van der Waals surface area contributed by atoms with Gasteiger partial charge in [0.1, 0.15) is 0 Å². The van der Waals surface area contributed by atoms with Crippen molar-refractivity contribution < 1.29 is 9.59 Å². The van der Waals surface area contributed by atoms with Gasteiger partial charge in [-0.05, 0) is 43.7 Å². The fraction of sp³-hybridized carbons (Fsp3) is 0.286. The van der Waals surface area contributed by atoms with Crippen LogP contribution in [-0.4, -0.2) is 31.1 Å². The molecule has 0 unspecified atom stereocenters. The van der Waals surface area contributed by atoms with Crippen molar-refractivity contribution in [3.05, 3.63) is 60.2 Å². The topological polar surface area (TPSA) is 73.8 Å². The van der Waals surface area contributed by atoms with Gasteiger partial charge < -0.3 is 10.2 Å². The highest BCUT2D eigenvalue weighted by Gasteiger charge is 2.06. The van der Waals surface area contributed by atoms with Crippen molar-refractivity contribution in [2.45, 2.75) is 26.7 Å². The average Bonchev–Trinajstić information content (AvgIpc) is 2.69. The average molecular weight is 366 g/mol. The fourth-order valence-electron chi connectivity index (χ4n) is 2.57. The molecule has 2 amide bonds. The number of carbonyl (C=O) groups excluding carboxylic acids is 2. The number of carbonyl (C=O) groups is 2. The highest BCUT2D eigenvalue weighted by molar-refractivity contribution is 5.93. The van der Waals surface area contributed by atoms with Gasteiger partial charge in [-0.2, -0.15) is 5.10 Å². The zero-order valence-electron chi connectivity index (χ0n) is 15.8. The Kier molecular flexibility index (Phi) is 8.03. The van der Waals surface area contributed by atoms with Crippen LogP contribution in [0.1, 0.15) is 32.3 Å². The van der Waals surface area contributed by atoms with Gasteiger partial charge in [0.25, 0.3) is 0 Å². The predicted octanol–water partition coefficient (Wildman–Crippen LogP) is 3.40. The van der Waals surface area contributed by atoms with Crippen LogP contribution in [0.15, 0.2) is 59.7 Å². The van der Waals surface area contributed by atoms with Gasteiger partial charge in [-0.3, -0.25) is 9.59 Å². The number of nitrogens with zero attached hydrogens (tertiary/aromatic N) is 2. The lowest BCUT2D eigenvalue weighted by molar-refractivity contribution is -0.124. The van der Waals surface area contributed by atoms with Gasteiger partial charge in [0, 0.05) is 37.3 Å². The number of hydrogen-bond donors (Lipinski definition) is 2. The normalized spacial score (nSPS) is 10.6. The van der Waals surface area contributed by atoms with E-state index in [1.165, 1.54) is 0 Å². The highest BCUT2D eigenvalue weighted by Crippen LogP contribution is 2.14. The number of anilines is 2. The van der Waals surface area contributed by atoms with Crippen LogP contribution in [0.25, 0.3) is 0 Å². The first-order chi connectivity index (χ1) is 13.1. The van der Waals surface area contributed by atoms with Crippen LogP contribution in [0.3, 0.4) is 0 Å². The lowest BCUT2D eigenvalue weighted by atomic mass is 10.2. The Labute approximate surface area is 160 Å². The number of hydrogen-bond acceptors (Lipinski definition) is 4. The van der Waals surface area contributed by atoms with E-state index in [9.17, 15) is 9.59 Å². The number of nitrogens with one attached hydrogen (secondary N) is 2. The summed E-state index contributed by atoms with van der Waals surface area (Å²) >= 11 is 0. The van der Waals surface area contributed by atoms with Gasteiger partial charge in [0.15, 0.2) is 0 Å². The second-order valence-corrected chi connectivity index (χ2v) is 5.97. The minimum atomic E-state index is -0.297. The summed E-state index contributed by atoms with van der Waals surface area (Å²) in [6, 6.07) is 17.1. The van der Waals surface area contributed by atoms with Crippen LogP contribution in [0.5, 0.6) is 0 Å². The minimum absolute atomic E-state index is 0.0803.